The topological polar surface area (TPSA) is 12.5 Å². The summed E-state index contributed by atoms with van der Waals surface area (Å²) in [6.07, 6.45) is 4.83. The SMILES string of the molecule is CCCCN(CCCC)C(=S)[O][SbH2]. The summed E-state index contributed by atoms with van der Waals surface area (Å²) in [5, 5.41) is 0.698. The van der Waals surface area contributed by atoms with Crippen LogP contribution < -0.4 is 0 Å². The van der Waals surface area contributed by atoms with Crippen molar-refractivity contribution in [3.05, 3.63) is 0 Å². The molecule has 0 aromatic heterocycles. The van der Waals surface area contributed by atoms with Crippen molar-refractivity contribution in [2.45, 2.75) is 39.5 Å². The van der Waals surface area contributed by atoms with Crippen LogP contribution in [-0.2, 0) is 3.02 Å². The first-order valence-corrected chi connectivity index (χ1v) is 6.67. The predicted molar refractivity (Wildman–Crippen MR) is 63.6 cm³/mol. The third-order valence-electron chi connectivity index (χ3n) is 1.92. The van der Waals surface area contributed by atoms with Crippen molar-refractivity contribution in [1.29, 1.82) is 0 Å². The van der Waals surface area contributed by atoms with Crippen molar-refractivity contribution in [3.8, 4) is 0 Å². The minimum atomic E-state index is 0.698. The number of nitrogens with zero attached hydrogens (tertiary/aromatic N) is 1. The summed E-state index contributed by atoms with van der Waals surface area (Å²) in [6, 6.07) is 0. The molecule has 0 unspecified atom stereocenters. The second-order valence-corrected chi connectivity index (χ2v) is 4.10. The van der Waals surface area contributed by atoms with Crippen molar-refractivity contribution >= 4 is 40.8 Å². The fraction of sp³-hybridized carbons (Fsp3) is 0.889. The standard InChI is InChI=1S/C9H19NOS.Sb.2H/c1-3-5-7-10(9(11)12)8-6-4-2;;;/h3-8H2,1-2H3,(H,11,12);;;/q;+1;;/p-1. The van der Waals surface area contributed by atoms with Gasteiger partial charge >= 0.3 is 101 Å². The fourth-order valence-corrected chi connectivity index (χ4v) is 1.67. The molecule has 0 aromatic carbocycles. The Morgan fingerprint density at radius 3 is 2.00 bits per heavy atom. The first kappa shape index (κ1) is 13.5. The molecule has 0 N–H and O–H groups in total. The van der Waals surface area contributed by atoms with E-state index in [1.54, 1.807) is 0 Å². The van der Waals surface area contributed by atoms with Gasteiger partial charge in [0.05, 0.1) is 0 Å². The van der Waals surface area contributed by atoms with Crippen LogP contribution >= 0.6 is 12.2 Å². The Labute approximate surface area is 101 Å². The Morgan fingerprint density at radius 1 is 1.23 bits per heavy atom. The molecule has 0 saturated carbocycles. The van der Waals surface area contributed by atoms with E-state index in [1.165, 1.54) is 25.7 Å². The Balaban J connectivity index is 3.79. The second kappa shape index (κ2) is 9.08. The van der Waals surface area contributed by atoms with Gasteiger partial charge in [-0.1, -0.05) is 0 Å². The maximum absolute atomic E-state index is 5.19. The molecule has 4 heteroatoms. The van der Waals surface area contributed by atoms with Gasteiger partial charge in [0.1, 0.15) is 0 Å². The Kier molecular flexibility index (Phi) is 9.43. The maximum atomic E-state index is 5.19. The average molecular weight is 312 g/mol. The molecule has 0 fully saturated rings. The van der Waals surface area contributed by atoms with E-state index in [9.17, 15) is 0 Å². The van der Waals surface area contributed by atoms with Crippen LogP contribution in [-0.4, -0.2) is 46.6 Å². The zero-order chi connectivity index (χ0) is 10.1. The minimum absolute atomic E-state index is 0.698. The number of hydrogen-bond donors (Lipinski definition) is 0. The van der Waals surface area contributed by atoms with Crippen molar-refractivity contribution in [3.63, 3.8) is 0 Å². The summed E-state index contributed by atoms with van der Waals surface area (Å²) in [4.78, 5) is 2.19. The zero-order valence-electron chi connectivity index (χ0n) is 8.58. The normalized spacial score (nSPS) is 9.77. The van der Waals surface area contributed by atoms with Gasteiger partial charge < -0.3 is 0 Å². The van der Waals surface area contributed by atoms with Crippen LogP contribution in [0.5, 0.6) is 0 Å². The van der Waals surface area contributed by atoms with Gasteiger partial charge in [-0.2, -0.15) is 0 Å². The second-order valence-electron chi connectivity index (χ2n) is 3.08. The molecule has 0 bridgehead atoms. The molecule has 0 rings (SSSR count). The van der Waals surface area contributed by atoms with Gasteiger partial charge in [-0.15, -0.1) is 0 Å². The molecule has 0 amide bonds. The molecule has 13 heavy (non-hydrogen) atoms. The Hall–Kier alpha value is 0.508. The molecule has 0 aliphatic carbocycles. The summed E-state index contributed by atoms with van der Waals surface area (Å²) in [6.45, 7) is 6.50. The van der Waals surface area contributed by atoms with E-state index in [0.717, 1.165) is 36.5 Å². The molecule has 2 nitrogen and oxygen atoms in total. The van der Waals surface area contributed by atoms with E-state index >= 15 is 0 Å². The molecule has 0 radical (unpaired) electrons. The van der Waals surface area contributed by atoms with E-state index in [2.05, 4.69) is 18.7 Å². The van der Waals surface area contributed by atoms with Gasteiger partial charge in [-0.05, 0) is 0 Å². The van der Waals surface area contributed by atoms with E-state index < -0.39 is 0 Å². The molecule has 78 valence electrons. The molecule has 0 atom stereocenters. The van der Waals surface area contributed by atoms with Crippen LogP contribution in [0, 0.1) is 0 Å². The first-order valence-electron chi connectivity index (χ1n) is 4.91. The third kappa shape index (κ3) is 6.56. The summed E-state index contributed by atoms with van der Waals surface area (Å²) in [5.41, 5.74) is 0. The van der Waals surface area contributed by atoms with Crippen molar-refractivity contribution in [2.75, 3.05) is 13.1 Å². The number of hydrogen-bond acceptors (Lipinski definition) is 2. The van der Waals surface area contributed by atoms with Gasteiger partial charge in [0, 0.05) is 0 Å². The number of thiocarbonyl (C=S) groups is 1. The van der Waals surface area contributed by atoms with E-state index in [0.29, 0.717) is 5.17 Å². The van der Waals surface area contributed by atoms with Crippen LogP contribution in [0.4, 0.5) is 0 Å². The molecule has 0 spiro atoms. The molecule has 0 aromatic rings. The van der Waals surface area contributed by atoms with Crippen molar-refractivity contribution in [1.82, 2.24) is 4.90 Å². The average Bonchev–Trinajstić information content (AvgIpc) is 2.17. The van der Waals surface area contributed by atoms with Crippen LogP contribution in [0.3, 0.4) is 0 Å². The van der Waals surface area contributed by atoms with Gasteiger partial charge in [0.2, 0.25) is 0 Å². The van der Waals surface area contributed by atoms with E-state index in [-0.39, 0.29) is 0 Å². The van der Waals surface area contributed by atoms with Crippen molar-refractivity contribution < 1.29 is 3.02 Å². The quantitative estimate of drug-likeness (QED) is 0.548. The van der Waals surface area contributed by atoms with Crippen LogP contribution in [0.1, 0.15) is 39.5 Å². The predicted octanol–water partition coefficient (Wildman–Crippen LogP) is 1.74. The molecular formula is C9H20NOSSb. The van der Waals surface area contributed by atoms with Crippen LogP contribution in [0.25, 0.3) is 0 Å². The number of unbranched alkanes of at least 4 members (excludes halogenated alkanes) is 2. The Morgan fingerprint density at radius 2 is 1.69 bits per heavy atom. The molecule has 0 heterocycles. The summed E-state index contributed by atoms with van der Waals surface area (Å²) in [5.74, 6) is 0. The summed E-state index contributed by atoms with van der Waals surface area (Å²) < 4.78 is 5.19. The van der Waals surface area contributed by atoms with Gasteiger partial charge in [-0.25, -0.2) is 0 Å². The van der Waals surface area contributed by atoms with E-state index in [4.69, 9.17) is 15.2 Å². The summed E-state index contributed by atoms with van der Waals surface area (Å²) in [7, 11) is 0. The van der Waals surface area contributed by atoms with Gasteiger partial charge in [-0.3, -0.25) is 0 Å². The Bertz CT molecular complexity index is 136. The van der Waals surface area contributed by atoms with Gasteiger partial charge in [0.15, 0.2) is 0 Å². The first-order chi connectivity index (χ1) is 6.26. The molecular weight excluding hydrogens is 292 g/mol. The fourth-order valence-electron chi connectivity index (χ4n) is 1.07. The molecule has 0 aliphatic rings. The van der Waals surface area contributed by atoms with Crippen LogP contribution in [0.15, 0.2) is 0 Å². The summed E-state index contributed by atoms with van der Waals surface area (Å²) >= 11 is 5.90. The molecule has 0 aliphatic heterocycles. The zero-order valence-corrected chi connectivity index (χ0v) is 12.7. The third-order valence-corrected chi connectivity index (χ3v) is 3.40. The molecule has 0 saturated heterocycles. The van der Waals surface area contributed by atoms with Crippen LogP contribution in [0.2, 0.25) is 0 Å². The van der Waals surface area contributed by atoms with Gasteiger partial charge in [0.25, 0.3) is 0 Å². The number of rotatable bonds is 6. The monoisotopic (exact) mass is 311 g/mol. The van der Waals surface area contributed by atoms with Crippen molar-refractivity contribution in [2.24, 2.45) is 0 Å². The van der Waals surface area contributed by atoms with E-state index in [1.807, 2.05) is 0 Å².